The van der Waals surface area contributed by atoms with E-state index in [4.69, 9.17) is 4.43 Å². The number of allylic oxidation sites excluding steroid dienone is 2. The summed E-state index contributed by atoms with van der Waals surface area (Å²) in [5.41, 5.74) is 0. The summed E-state index contributed by atoms with van der Waals surface area (Å²) >= 11 is 0. The van der Waals surface area contributed by atoms with E-state index in [1.165, 1.54) is 6.42 Å². The average Bonchev–Trinajstić information content (AvgIpc) is 2.35. The fourth-order valence-corrected chi connectivity index (χ4v) is 5.23. The summed E-state index contributed by atoms with van der Waals surface area (Å²) in [6.45, 7) is 14.3. The van der Waals surface area contributed by atoms with E-state index in [0.717, 1.165) is 18.8 Å². The van der Waals surface area contributed by atoms with Crippen LogP contribution in [0.15, 0.2) is 12.2 Å². The van der Waals surface area contributed by atoms with Gasteiger partial charge in [-0.25, -0.2) is 0 Å². The summed E-state index contributed by atoms with van der Waals surface area (Å²) in [5, 5.41) is 10.0. The smallest absolute Gasteiger partial charge is 0.192 e. The first kappa shape index (κ1) is 17.2. The van der Waals surface area contributed by atoms with Crippen molar-refractivity contribution in [3.8, 4) is 0 Å². The fraction of sp³-hybridized carbons (Fsp3) is 0.889. The van der Waals surface area contributed by atoms with Gasteiger partial charge in [0.15, 0.2) is 8.32 Å². The molecule has 1 fully saturated rings. The normalized spacial score (nSPS) is 37.4. The van der Waals surface area contributed by atoms with Gasteiger partial charge in [-0.3, -0.25) is 0 Å². The van der Waals surface area contributed by atoms with Crippen molar-refractivity contribution in [2.45, 2.75) is 71.2 Å². The zero-order valence-electron chi connectivity index (χ0n) is 14.7. The van der Waals surface area contributed by atoms with Gasteiger partial charge in [0.05, 0.1) is 0 Å². The summed E-state index contributed by atoms with van der Waals surface area (Å²) in [5.74, 6) is 2.24. The van der Waals surface area contributed by atoms with Gasteiger partial charge in [0.1, 0.15) is 0 Å². The third kappa shape index (κ3) is 3.62. The molecule has 21 heavy (non-hydrogen) atoms. The van der Waals surface area contributed by atoms with Crippen LogP contribution in [-0.4, -0.2) is 26.1 Å². The van der Waals surface area contributed by atoms with E-state index in [0.29, 0.717) is 30.5 Å². The second-order valence-corrected chi connectivity index (χ2v) is 13.6. The Balaban J connectivity index is 2.21. The SMILES string of the molecule is C[C@H]1CC2C=CC[C@H](CO)C2[C@@H](O[Si](C)(C)C(C)(C)C)C1. The van der Waals surface area contributed by atoms with Crippen molar-refractivity contribution in [1.29, 1.82) is 0 Å². The lowest BCUT2D eigenvalue weighted by Crippen LogP contribution is -2.51. The molecule has 0 spiro atoms. The molecule has 1 N–H and O–H groups in total. The molecule has 2 aliphatic rings. The van der Waals surface area contributed by atoms with Crippen LogP contribution in [0.5, 0.6) is 0 Å². The van der Waals surface area contributed by atoms with Crippen molar-refractivity contribution in [3.05, 3.63) is 12.2 Å². The Morgan fingerprint density at radius 1 is 1.24 bits per heavy atom. The van der Waals surface area contributed by atoms with Crippen LogP contribution in [0.1, 0.15) is 47.0 Å². The minimum Gasteiger partial charge on any atom is -0.414 e. The van der Waals surface area contributed by atoms with E-state index < -0.39 is 8.32 Å². The van der Waals surface area contributed by atoms with Crippen LogP contribution >= 0.6 is 0 Å². The number of rotatable bonds is 3. The lowest BCUT2D eigenvalue weighted by atomic mass is 9.65. The Labute approximate surface area is 132 Å². The molecule has 0 radical (unpaired) electrons. The molecular weight excluding hydrogens is 276 g/mol. The Bertz CT molecular complexity index is 383. The average molecular weight is 311 g/mol. The number of aliphatic hydroxyl groups is 1. The highest BCUT2D eigenvalue weighted by Gasteiger charge is 2.46. The lowest BCUT2D eigenvalue weighted by molar-refractivity contribution is -0.0162. The Morgan fingerprint density at radius 2 is 1.90 bits per heavy atom. The molecule has 0 bridgehead atoms. The van der Waals surface area contributed by atoms with E-state index in [1.807, 2.05) is 0 Å². The topological polar surface area (TPSA) is 29.5 Å². The quantitative estimate of drug-likeness (QED) is 0.609. The largest absolute Gasteiger partial charge is 0.414 e. The van der Waals surface area contributed by atoms with E-state index in [9.17, 15) is 5.11 Å². The van der Waals surface area contributed by atoms with Crippen molar-refractivity contribution in [1.82, 2.24) is 0 Å². The summed E-state index contributed by atoms with van der Waals surface area (Å²) in [6.07, 6.45) is 8.45. The molecule has 2 unspecified atom stereocenters. The Morgan fingerprint density at radius 3 is 2.48 bits per heavy atom. The minimum absolute atomic E-state index is 0.252. The molecule has 0 aromatic heterocycles. The molecule has 2 rings (SSSR count). The van der Waals surface area contributed by atoms with Gasteiger partial charge in [0.25, 0.3) is 0 Å². The molecule has 0 aromatic carbocycles. The standard InChI is InChI=1S/C18H34O2Si/c1-13-10-14-8-7-9-15(12-19)17(14)16(11-13)20-21(5,6)18(2,3)4/h7-8,13-17,19H,9-12H2,1-6H3/t13-,14?,15+,16-,17?/m0/s1. The molecule has 2 nitrogen and oxygen atoms in total. The van der Waals surface area contributed by atoms with Crippen LogP contribution in [0, 0.1) is 23.7 Å². The van der Waals surface area contributed by atoms with Gasteiger partial charge in [-0.1, -0.05) is 39.8 Å². The Hall–Kier alpha value is -0.123. The molecule has 3 heteroatoms. The number of hydrogen-bond donors (Lipinski definition) is 1. The van der Waals surface area contributed by atoms with Crippen molar-refractivity contribution >= 4 is 8.32 Å². The van der Waals surface area contributed by atoms with E-state index in [1.54, 1.807) is 0 Å². The lowest BCUT2D eigenvalue weighted by Gasteiger charge is -2.49. The molecule has 2 aliphatic carbocycles. The van der Waals surface area contributed by atoms with Gasteiger partial charge in [-0.15, -0.1) is 0 Å². The molecule has 0 amide bonds. The van der Waals surface area contributed by atoms with Gasteiger partial charge in [-0.05, 0) is 61.1 Å². The van der Waals surface area contributed by atoms with Crippen LogP contribution in [0.25, 0.3) is 0 Å². The first-order valence-electron chi connectivity index (χ1n) is 8.61. The maximum atomic E-state index is 9.79. The van der Waals surface area contributed by atoms with E-state index >= 15 is 0 Å². The van der Waals surface area contributed by atoms with E-state index in [2.05, 4.69) is 52.9 Å². The van der Waals surface area contributed by atoms with Gasteiger partial charge >= 0.3 is 0 Å². The number of hydrogen-bond acceptors (Lipinski definition) is 2. The third-order valence-electron chi connectivity index (χ3n) is 6.09. The molecule has 1 saturated carbocycles. The van der Waals surface area contributed by atoms with Crippen LogP contribution in [0.3, 0.4) is 0 Å². The van der Waals surface area contributed by atoms with Crippen molar-refractivity contribution in [2.24, 2.45) is 23.7 Å². The van der Waals surface area contributed by atoms with Crippen molar-refractivity contribution < 1.29 is 9.53 Å². The van der Waals surface area contributed by atoms with Crippen LogP contribution < -0.4 is 0 Å². The molecule has 0 aromatic rings. The molecule has 0 saturated heterocycles. The number of aliphatic hydroxyl groups excluding tert-OH is 1. The first-order chi connectivity index (χ1) is 9.65. The zero-order valence-corrected chi connectivity index (χ0v) is 15.7. The summed E-state index contributed by atoms with van der Waals surface area (Å²) < 4.78 is 6.81. The van der Waals surface area contributed by atoms with Gasteiger partial charge < -0.3 is 9.53 Å². The third-order valence-corrected chi connectivity index (χ3v) is 10.6. The second-order valence-electron chi connectivity index (χ2n) is 8.84. The highest BCUT2D eigenvalue weighted by molar-refractivity contribution is 6.74. The highest BCUT2D eigenvalue weighted by atomic mass is 28.4. The van der Waals surface area contributed by atoms with Crippen LogP contribution in [0.2, 0.25) is 18.1 Å². The van der Waals surface area contributed by atoms with Gasteiger partial charge in [0.2, 0.25) is 0 Å². The summed E-state index contributed by atoms with van der Waals surface area (Å²) in [4.78, 5) is 0. The zero-order chi connectivity index (χ0) is 15.8. The van der Waals surface area contributed by atoms with Crippen molar-refractivity contribution in [2.75, 3.05) is 6.61 Å². The molecule has 0 heterocycles. The van der Waals surface area contributed by atoms with Crippen molar-refractivity contribution in [3.63, 3.8) is 0 Å². The first-order valence-corrected chi connectivity index (χ1v) is 11.5. The Kier molecular flexibility index (Phi) is 5.06. The molecular formula is C18H34O2Si. The van der Waals surface area contributed by atoms with Crippen LogP contribution in [0.4, 0.5) is 0 Å². The number of fused-ring (bicyclic) bond motifs is 1. The second kappa shape index (κ2) is 6.17. The molecule has 0 aliphatic heterocycles. The predicted octanol–water partition coefficient (Wildman–Crippen LogP) is 4.61. The monoisotopic (exact) mass is 310 g/mol. The predicted molar refractivity (Wildman–Crippen MR) is 91.8 cm³/mol. The maximum Gasteiger partial charge on any atom is 0.192 e. The summed E-state index contributed by atoms with van der Waals surface area (Å²) in [6, 6.07) is 0. The van der Waals surface area contributed by atoms with Gasteiger partial charge in [-0.2, -0.15) is 0 Å². The van der Waals surface area contributed by atoms with Gasteiger partial charge in [0, 0.05) is 12.7 Å². The highest BCUT2D eigenvalue weighted by Crippen LogP contribution is 2.47. The maximum absolute atomic E-state index is 9.79. The van der Waals surface area contributed by atoms with E-state index in [-0.39, 0.29) is 5.04 Å². The molecule has 5 atom stereocenters. The van der Waals surface area contributed by atoms with Crippen LogP contribution in [-0.2, 0) is 4.43 Å². The summed E-state index contributed by atoms with van der Waals surface area (Å²) in [7, 11) is -1.75. The molecule has 122 valence electrons. The fourth-order valence-electron chi connectivity index (χ4n) is 3.87. The minimum atomic E-state index is -1.75.